The summed E-state index contributed by atoms with van der Waals surface area (Å²) < 4.78 is 6.16. The second kappa shape index (κ2) is 9.82. The Labute approximate surface area is 187 Å². The summed E-state index contributed by atoms with van der Waals surface area (Å²) in [6.07, 6.45) is 3.40. The Morgan fingerprint density at radius 3 is 1.37 bits per heavy atom. The van der Waals surface area contributed by atoms with Gasteiger partial charge in [0.05, 0.1) is 6.61 Å². The third-order valence-electron chi connectivity index (χ3n) is 5.77. The lowest BCUT2D eigenvalue weighted by Crippen LogP contribution is -3.00. The molecule has 3 heteroatoms. The first kappa shape index (κ1) is 22.6. The molecular weight excluding hydrogens is 407 g/mol. The van der Waals surface area contributed by atoms with Gasteiger partial charge in [-0.3, -0.25) is 0 Å². The number of halogens is 1. The van der Waals surface area contributed by atoms with Crippen LogP contribution in [-0.4, -0.2) is 6.61 Å². The fraction of sp³-hybridized carbons (Fsp3) is 0.259. The third kappa shape index (κ3) is 4.64. The zero-order valence-corrected chi connectivity index (χ0v) is 19.7. The lowest BCUT2D eigenvalue weighted by atomic mass is 10.2. The summed E-state index contributed by atoms with van der Waals surface area (Å²) in [5.74, 6) is 3.65. The molecule has 0 aliphatic carbocycles. The quantitative estimate of drug-likeness (QED) is 0.571. The topological polar surface area (TPSA) is 9.23 Å². The highest BCUT2D eigenvalue weighted by molar-refractivity contribution is 7.98. The van der Waals surface area contributed by atoms with E-state index in [1.807, 2.05) is 0 Å². The van der Waals surface area contributed by atoms with Crippen molar-refractivity contribution in [1.29, 1.82) is 0 Å². The van der Waals surface area contributed by atoms with Gasteiger partial charge in [-0.2, -0.15) is 0 Å². The molecule has 1 heterocycles. The van der Waals surface area contributed by atoms with Gasteiger partial charge in [-0.25, -0.2) is 0 Å². The van der Waals surface area contributed by atoms with Crippen LogP contribution in [0.1, 0.15) is 36.0 Å². The maximum atomic E-state index is 6.16. The van der Waals surface area contributed by atoms with Crippen LogP contribution >= 0.6 is 7.26 Å². The molecule has 0 unspecified atom stereocenters. The van der Waals surface area contributed by atoms with Crippen LogP contribution in [0, 0.1) is 20.8 Å². The van der Waals surface area contributed by atoms with E-state index in [0.717, 1.165) is 25.2 Å². The van der Waals surface area contributed by atoms with Crippen molar-refractivity contribution in [2.45, 2.75) is 40.0 Å². The molecule has 0 amide bonds. The van der Waals surface area contributed by atoms with Crippen molar-refractivity contribution in [1.82, 2.24) is 0 Å². The first-order valence-corrected chi connectivity index (χ1v) is 12.4. The lowest BCUT2D eigenvalue weighted by molar-refractivity contribution is -0.00000688. The van der Waals surface area contributed by atoms with E-state index in [9.17, 15) is 0 Å². The highest BCUT2D eigenvalue weighted by Crippen LogP contribution is 2.58. The minimum absolute atomic E-state index is 0. The summed E-state index contributed by atoms with van der Waals surface area (Å²) in [6, 6.07) is 27.4. The van der Waals surface area contributed by atoms with Crippen molar-refractivity contribution in [2.75, 3.05) is 6.61 Å². The molecule has 1 saturated heterocycles. The summed E-state index contributed by atoms with van der Waals surface area (Å²) >= 11 is 0. The van der Waals surface area contributed by atoms with Crippen LogP contribution in [0.15, 0.2) is 84.4 Å². The molecule has 0 N–H and O–H groups in total. The summed E-state index contributed by atoms with van der Waals surface area (Å²) in [7, 11) is -1.97. The van der Waals surface area contributed by atoms with E-state index < -0.39 is 7.26 Å². The maximum Gasteiger partial charge on any atom is 0.140 e. The van der Waals surface area contributed by atoms with Gasteiger partial charge in [0.1, 0.15) is 34.8 Å². The Hall–Kier alpha value is -2.08. The molecule has 1 fully saturated rings. The van der Waals surface area contributed by atoms with Crippen molar-refractivity contribution < 1.29 is 17.1 Å². The Kier molecular flexibility index (Phi) is 7.40. The second-order valence-electron chi connectivity index (χ2n) is 8.13. The van der Waals surface area contributed by atoms with Crippen LogP contribution in [0.5, 0.6) is 0 Å². The van der Waals surface area contributed by atoms with E-state index >= 15 is 0 Å². The molecule has 1 aliphatic rings. The largest absolute Gasteiger partial charge is 1.00 e. The van der Waals surface area contributed by atoms with Crippen LogP contribution in [-0.2, 0) is 4.74 Å². The fourth-order valence-electron chi connectivity index (χ4n) is 4.01. The SMILES string of the molecule is Cc1ccc([P+](/C=C2/CCCCO2)(c2ccc(C)cc2)c2ccc(C)cc2)cc1.[Cl-]. The molecule has 1 aliphatic heterocycles. The molecule has 3 aromatic carbocycles. The van der Waals surface area contributed by atoms with Gasteiger partial charge in [0.2, 0.25) is 0 Å². The predicted octanol–water partition coefficient (Wildman–Crippen LogP) is 2.95. The Balaban J connectivity index is 0.00000256. The number of hydrogen-bond donors (Lipinski definition) is 0. The van der Waals surface area contributed by atoms with Gasteiger partial charge >= 0.3 is 0 Å². The third-order valence-corrected chi connectivity index (χ3v) is 9.78. The molecule has 30 heavy (non-hydrogen) atoms. The van der Waals surface area contributed by atoms with Gasteiger partial charge in [0.15, 0.2) is 0 Å². The smallest absolute Gasteiger partial charge is 0.140 e. The van der Waals surface area contributed by atoms with Crippen molar-refractivity contribution in [3.8, 4) is 0 Å². The van der Waals surface area contributed by atoms with Crippen molar-refractivity contribution in [3.05, 3.63) is 101 Å². The van der Waals surface area contributed by atoms with Crippen LogP contribution in [0.3, 0.4) is 0 Å². The maximum absolute atomic E-state index is 6.16. The van der Waals surface area contributed by atoms with E-state index in [4.69, 9.17) is 4.74 Å². The summed E-state index contributed by atoms with van der Waals surface area (Å²) in [4.78, 5) is 0. The average molecular weight is 437 g/mol. The summed E-state index contributed by atoms with van der Waals surface area (Å²) in [6.45, 7) is 7.31. The van der Waals surface area contributed by atoms with E-state index in [1.54, 1.807) is 0 Å². The first-order chi connectivity index (χ1) is 14.1. The molecule has 0 bridgehead atoms. The number of aryl methyl sites for hydroxylation is 3. The second-order valence-corrected chi connectivity index (χ2v) is 11.4. The van der Waals surface area contributed by atoms with Gasteiger partial charge in [-0.05, 0) is 70.0 Å². The highest BCUT2D eigenvalue weighted by Gasteiger charge is 2.44. The Morgan fingerprint density at radius 2 is 1.03 bits per heavy atom. The zero-order chi connectivity index (χ0) is 20.3. The minimum atomic E-state index is -1.97. The predicted molar refractivity (Wildman–Crippen MR) is 127 cm³/mol. The molecular formula is C27H30ClOP. The van der Waals surface area contributed by atoms with E-state index in [2.05, 4.69) is 99.4 Å². The van der Waals surface area contributed by atoms with Crippen LogP contribution < -0.4 is 28.3 Å². The average Bonchev–Trinajstić information content (AvgIpc) is 2.75. The summed E-state index contributed by atoms with van der Waals surface area (Å²) in [5.41, 5.74) is 3.88. The minimum Gasteiger partial charge on any atom is -1.00 e. The van der Waals surface area contributed by atoms with Gasteiger partial charge < -0.3 is 17.1 Å². The van der Waals surface area contributed by atoms with Gasteiger partial charge in [-0.15, -0.1) is 0 Å². The molecule has 4 rings (SSSR count). The monoisotopic (exact) mass is 436 g/mol. The van der Waals surface area contributed by atoms with Crippen LogP contribution in [0.4, 0.5) is 0 Å². The van der Waals surface area contributed by atoms with Crippen molar-refractivity contribution in [3.63, 3.8) is 0 Å². The van der Waals surface area contributed by atoms with Crippen molar-refractivity contribution in [2.24, 2.45) is 0 Å². The molecule has 3 aromatic rings. The molecule has 156 valence electrons. The Morgan fingerprint density at radius 1 is 0.633 bits per heavy atom. The number of benzene rings is 3. The first-order valence-electron chi connectivity index (χ1n) is 10.5. The van der Waals surface area contributed by atoms with Gasteiger partial charge in [0, 0.05) is 6.42 Å². The van der Waals surface area contributed by atoms with E-state index in [0.29, 0.717) is 0 Å². The van der Waals surface area contributed by atoms with Crippen LogP contribution in [0.2, 0.25) is 0 Å². The summed E-state index contributed by atoms with van der Waals surface area (Å²) in [5, 5.41) is 4.16. The molecule has 0 radical (unpaired) electrons. The van der Waals surface area contributed by atoms with Gasteiger partial charge in [-0.1, -0.05) is 53.1 Å². The number of ether oxygens (including phenoxy) is 1. The highest BCUT2D eigenvalue weighted by atomic mass is 35.5. The number of rotatable bonds is 4. The van der Waals surface area contributed by atoms with E-state index in [-0.39, 0.29) is 12.4 Å². The van der Waals surface area contributed by atoms with E-state index in [1.165, 1.54) is 39.0 Å². The standard InChI is InChI=1S/C27H30OP.ClH/c1-21-7-13-25(14-8-21)29(20-24-6-4-5-19-28-24,26-15-9-22(2)10-16-26)27-17-11-23(3)12-18-27;/h7-18,20H,4-6,19H2,1-3H3;1H/q+1;/p-1/b24-20-;. The molecule has 0 aromatic heterocycles. The number of hydrogen-bond acceptors (Lipinski definition) is 1. The zero-order valence-electron chi connectivity index (χ0n) is 18.1. The molecule has 0 spiro atoms. The Bertz CT molecular complexity index is 870. The number of allylic oxidation sites excluding steroid dienone is 1. The molecule has 0 atom stereocenters. The normalized spacial score (nSPS) is 15.4. The lowest BCUT2D eigenvalue weighted by Gasteiger charge is -2.26. The van der Waals surface area contributed by atoms with Crippen molar-refractivity contribution >= 4 is 23.2 Å². The molecule has 0 saturated carbocycles. The van der Waals surface area contributed by atoms with Gasteiger partial charge in [0.25, 0.3) is 0 Å². The van der Waals surface area contributed by atoms with Crippen LogP contribution in [0.25, 0.3) is 0 Å². The fourth-order valence-corrected chi connectivity index (χ4v) is 7.84. The molecule has 1 nitrogen and oxygen atoms in total.